The van der Waals surface area contributed by atoms with Gasteiger partial charge in [-0.05, 0) is 54.9 Å². The van der Waals surface area contributed by atoms with Gasteiger partial charge in [0, 0.05) is 17.7 Å². The highest BCUT2D eigenvalue weighted by atomic mass is 32.1. The van der Waals surface area contributed by atoms with Crippen molar-refractivity contribution in [3.8, 4) is 6.07 Å². The molecule has 2 aromatic carbocycles. The van der Waals surface area contributed by atoms with E-state index in [9.17, 15) is 0 Å². The number of benzene rings is 2. The van der Waals surface area contributed by atoms with Crippen LogP contribution < -0.4 is 11.1 Å². The first kappa shape index (κ1) is 14.6. The topological polar surface area (TPSA) is 42.4 Å². The average molecular weight is 308 g/mol. The van der Waals surface area contributed by atoms with Gasteiger partial charge >= 0.3 is 6.07 Å². The van der Waals surface area contributed by atoms with Crippen molar-refractivity contribution in [2.24, 2.45) is 5.73 Å². The third-order valence-corrected chi connectivity index (χ3v) is 3.94. The van der Waals surface area contributed by atoms with E-state index >= 15 is 0 Å². The third kappa shape index (κ3) is 3.44. The molecule has 1 aliphatic carbocycles. The molecule has 4 heteroatoms. The van der Waals surface area contributed by atoms with E-state index in [1.165, 1.54) is 17.5 Å². The number of hydrogen-bond acceptors (Lipinski definition) is 1. The monoisotopic (exact) mass is 308 g/mol. The van der Waals surface area contributed by atoms with Crippen LogP contribution >= 0.6 is 12.2 Å². The van der Waals surface area contributed by atoms with Crippen molar-refractivity contribution in [1.82, 2.24) is 0 Å². The van der Waals surface area contributed by atoms with Crippen LogP contribution in [0.15, 0.2) is 48.5 Å². The Morgan fingerprint density at radius 3 is 2.73 bits per heavy atom. The summed E-state index contributed by atoms with van der Waals surface area (Å²) < 4.78 is 0. The number of anilines is 1. The molecule has 0 bridgehead atoms. The predicted molar refractivity (Wildman–Crippen MR) is 95.3 cm³/mol. The van der Waals surface area contributed by atoms with Crippen LogP contribution in [0.5, 0.6) is 0 Å². The molecule has 0 saturated carbocycles. The molecule has 1 unspecified atom stereocenters. The lowest BCUT2D eigenvalue weighted by molar-refractivity contribution is 0.627. The van der Waals surface area contributed by atoms with E-state index in [0.29, 0.717) is 0 Å². The number of nitrogens with zero attached hydrogens (tertiary/aromatic N) is 1. The molecule has 0 spiro atoms. The van der Waals surface area contributed by atoms with Crippen LogP contribution in [0.25, 0.3) is 4.85 Å². The molecule has 0 heterocycles. The zero-order chi connectivity index (χ0) is 15.4. The Morgan fingerprint density at radius 1 is 1.18 bits per heavy atom. The highest BCUT2D eigenvalue weighted by molar-refractivity contribution is 7.80. The van der Waals surface area contributed by atoms with Gasteiger partial charge in [-0.3, -0.25) is 0 Å². The minimum Gasteiger partial charge on any atom is -0.376 e. The van der Waals surface area contributed by atoms with E-state index in [1.807, 2.05) is 24.3 Å². The van der Waals surface area contributed by atoms with Crippen molar-refractivity contribution >= 4 is 23.0 Å². The van der Waals surface area contributed by atoms with Gasteiger partial charge in [0.25, 0.3) is 6.04 Å². The lowest BCUT2D eigenvalue weighted by Gasteiger charge is -2.14. The molecule has 110 valence electrons. The van der Waals surface area contributed by atoms with E-state index in [4.69, 9.17) is 18.0 Å². The Labute approximate surface area is 136 Å². The second kappa shape index (κ2) is 6.59. The highest BCUT2D eigenvalue weighted by Crippen LogP contribution is 2.32. The summed E-state index contributed by atoms with van der Waals surface area (Å²) in [5.41, 5.74) is 10.0. The highest BCUT2D eigenvalue weighted by Gasteiger charge is 2.26. The molecule has 3 rings (SSSR count). The zero-order valence-corrected chi connectivity index (χ0v) is 13.1. The molecule has 0 aromatic heterocycles. The van der Waals surface area contributed by atoms with Gasteiger partial charge in [-0.15, -0.1) is 0 Å². The fourth-order valence-corrected chi connectivity index (χ4v) is 2.90. The summed E-state index contributed by atoms with van der Waals surface area (Å²) >= 11 is 4.82. The molecule has 2 aromatic rings. The zero-order valence-electron chi connectivity index (χ0n) is 12.3. The van der Waals surface area contributed by atoms with Crippen molar-refractivity contribution in [3.63, 3.8) is 0 Å². The van der Waals surface area contributed by atoms with Crippen molar-refractivity contribution in [2.75, 3.05) is 5.32 Å². The molecular weight excluding hydrogens is 290 g/mol. The Bertz CT molecular complexity index is 741. The van der Waals surface area contributed by atoms with Gasteiger partial charge in [0.1, 0.15) is 5.56 Å². The van der Waals surface area contributed by atoms with E-state index < -0.39 is 0 Å². The Balaban J connectivity index is 1.77. The van der Waals surface area contributed by atoms with Crippen molar-refractivity contribution < 1.29 is 0 Å². The second-order valence-electron chi connectivity index (χ2n) is 5.41. The number of nitrogens with two attached hydrogens (primary N) is 1. The van der Waals surface area contributed by atoms with Gasteiger partial charge in [0.15, 0.2) is 5.11 Å². The Kier molecular flexibility index (Phi) is 4.36. The standard InChI is InChI=1S/C18H17N3S/c19-18(22)21-15-10-8-13(9-11-15)12-20-17-7-3-5-14-4-1-2-6-16(14)17/h1-2,4,6,8-11,17H,3,5,7H2,(H2,19,22)/p+1. The van der Waals surface area contributed by atoms with Gasteiger partial charge in [-0.25, -0.2) is 0 Å². The summed E-state index contributed by atoms with van der Waals surface area (Å²) in [5, 5.41) is 3.17. The van der Waals surface area contributed by atoms with Crippen LogP contribution in [-0.4, -0.2) is 5.11 Å². The van der Waals surface area contributed by atoms with Crippen LogP contribution in [0.4, 0.5) is 5.69 Å². The fourth-order valence-electron chi connectivity index (χ4n) is 2.79. The SMILES string of the molecule is NC(=S)Nc1ccc(C#[N+]C2CCCc3ccccc32)cc1. The third-order valence-electron chi connectivity index (χ3n) is 3.84. The maximum atomic E-state index is 5.45. The summed E-state index contributed by atoms with van der Waals surface area (Å²) in [6.45, 7) is 0. The number of aryl methyl sites for hydroxylation is 1. The number of fused-ring (bicyclic) bond motifs is 1. The lowest BCUT2D eigenvalue weighted by Crippen LogP contribution is -2.18. The molecule has 0 aliphatic heterocycles. The van der Waals surface area contributed by atoms with Crippen molar-refractivity contribution in [3.05, 3.63) is 70.1 Å². The minimum atomic E-state index is 0.222. The number of nitrogens with one attached hydrogen (secondary N) is 1. The summed E-state index contributed by atoms with van der Waals surface area (Å²) in [7, 11) is 0. The van der Waals surface area contributed by atoms with Crippen molar-refractivity contribution in [1.29, 1.82) is 0 Å². The van der Waals surface area contributed by atoms with Crippen LogP contribution in [0.3, 0.4) is 0 Å². The van der Waals surface area contributed by atoms with Crippen LogP contribution in [0.1, 0.15) is 35.6 Å². The minimum absolute atomic E-state index is 0.222. The molecule has 22 heavy (non-hydrogen) atoms. The largest absolute Gasteiger partial charge is 0.376 e. The maximum absolute atomic E-state index is 5.45. The normalized spacial score (nSPS) is 16.1. The van der Waals surface area contributed by atoms with Gasteiger partial charge in [-0.1, -0.05) is 29.1 Å². The first-order valence-electron chi connectivity index (χ1n) is 7.42. The molecule has 0 radical (unpaired) electrons. The molecule has 3 N–H and O–H groups in total. The smallest absolute Gasteiger partial charge is 0.311 e. The number of rotatable bonds is 1. The van der Waals surface area contributed by atoms with Gasteiger partial charge in [0.2, 0.25) is 0 Å². The van der Waals surface area contributed by atoms with E-state index in [2.05, 4.69) is 40.5 Å². The molecule has 1 atom stereocenters. The van der Waals surface area contributed by atoms with Crippen LogP contribution in [-0.2, 0) is 6.42 Å². The van der Waals surface area contributed by atoms with Crippen LogP contribution in [0, 0.1) is 6.07 Å². The molecule has 0 amide bonds. The van der Waals surface area contributed by atoms with E-state index in [0.717, 1.165) is 24.1 Å². The quantitative estimate of drug-likeness (QED) is 0.779. The Hall–Kier alpha value is -2.38. The lowest BCUT2D eigenvalue weighted by atomic mass is 9.88. The predicted octanol–water partition coefficient (Wildman–Crippen LogP) is 4.10. The molecular formula is C18H18N3S+. The summed E-state index contributed by atoms with van der Waals surface area (Å²) in [4.78, 5) is 4.66. The van der Waals surface area contributed by atoms with Crippen LogP contribution in [0.2, 0.25) is 0 Å². The van der Waals surface area contributed by atoms with Gasteiger partial charge in [-0.2, -0.15) is 0 Å². The second-order valence-corrected chi connectivity index (χ2v) is 5.85. The maximum Gasteiger partial charge on any atom is 0.311 e. The number of thiocarbonyl (C=S) groups is 1. The first-order valence-corrected chi connectivity index (χ1v) is 7.83. The fraction of sp³-hybridized carbons (Fsp3) is 0.222. The van der Waals surface area contributed by atoms with Gasteiger partial charge in [0.05, 0.1) is 0 Å². The number of hydrogen-bond donors (Lipinski definition) is 2. The first-order chi connectivity index (χ1) is 10.7. The van der Waals surface area contributed by atoms with E-state index in [1.54, 1.807) is 0 Å². The molecule has 3 nitrogen and oxygen atoms in total. The average Bonchev–Trinajstić information content (AvgIpc) is 2.54. The van der Waals surface area contributed by atoms with Gasteiger partial charge < -0.3 is 11.1 Å². The summed E-state index contributed by atoms with van der Waals surface area (Å²) in [5.74, 6) is 0. The molecule has 1 aliphatic rings. The summed E-state index contributed by atoms with van der Waals surface area (Å²) in [6, 6.07) is 19.7. The molecule has 0 saturated heterocycles. The van der Waals surface area contributed by atoms with E-state index in [-0.39, 0.29) is 11.2 Å². The van der Waals surface area contributed by atoms with Crippen molar-refractivity contribution in [2.45, 2.75) is 25.3 Å². The Morgan fingerprint density at radius 2 is 1.95 bits per heavy atom. The molecule has 0 fully saturated rings. The summed E-state index contributed by atoms with van der Waals surface area (Å²) in [6.07, 6.45) is 3.43.